The van der Waals surface area contributed by atoms with Crippen molar-refractivity contribution < 1.29 is 12.8 Å². The summed E-state index contributed by atoms with van der Waals surface area (Å²) >= 11 is 0. The van der Waals surface area contributed by atoms with Crippen molar-refractivity contribution in [3.05, 3.63) is 59.5 Å². The molecular weight excluding hydrogens is 389 g/mol. The topological polar surface area (TPSA) is 64.0 Å². The highest BCUT2D eigenvalue weighted by Gasteiger charge is 2.28. The Morgan fingerprint density at radius 2 is 1.78 bits per heavy atom. The lowest BCUT2D eigenvalue weighted by Crippen LogP contribution is -2.27. The number of nitrogens with zero attached hydrogens (tertiary/aromatic N) is 2. The van der Waals surface area contributed by atoms with E-state index in [1.165, 1.54) is 12.1 Å². The number of benzene rings is 2. The third kappa shape index (κ3) is 3.47. The predicted octanol–water partition coefficient (Wildman–Crippen LogP) is 3.61. The third-order valence-electron chi connectivity index (χ3n) is 4.92. The molecule has 2 heterocycles. The maximum absolute atomic E-state index is 14.6. The molecule has 1 fully saturated rings. The fourth-order valence-corrected chi connectivity index (χ4v) is 4.79. The first kappa shape index (κ1) is 19.8. The highest BCUT2D eigenvalue weighted by Crippen LogP contribution is 2.33. The number of nitrogens with one attached hydrogen (secondary N) is 1. The average Bonchev–Trinajstić information content (AvgIpc) is 3.05. The normalized spacial score (nSPS) is 15.6. The Morgan fingerprint density at radius 1 is 1.11 bits per heavy atom. The van der Waals surface area contributed by atoms with Crippen molar-refractivity contribution in [2.45, 2.75) is 30.6 Å². The van der Waals surface area contributed by atoms with E-state index in [4.69, 9.17) is 0 Å². The molecule has 0 spiro atoms. The summed E-state index contributed by atoms with van der Waals surface area (Å²) in [7, 11) is -3.89. The van der Waals surface area contributed by atoms with Crippen molar-refractivity contribution in [2.24, 2.45) is 0 Å². The molecule has 1 N–H and O–H groups in total. The Labute approximate surface area is 164 Å². The van der Waals surface area contributed by atoms with Crippen LogP contribution in [0.25, 0.3) is 10.9 Å². The number of piperidine rings is 1. The molecule has 0 atom stereocenters. The first-order valence-electron chi connectivity index (χ1n) is 8.68. The first-order chi connectivity index (χ1) is 12.5. The van der Waals surface area contributed by atoms with Crippen molar-refractivity contribution in [1.82, 2.24) is 14.5 Å². The smallest absolute Gasteiger partial charge is 0.283 e. The van der Waals surface area contributed by atoms with Crippen molar-refractivity contribution in [3.63, 3.8) is 0 Å². The molecule has 0 aliphatic carbocycles. The molecule has 8 heteroatoms. The zero-order valence-corrected chi connectivity index (χ0v) is 16.5. The number of hydrogen-bond donors (Lipinski definition) is 1. The van der Waals surface area contributed by atoms with Gasteiger partial charge in [0.15, 0.2) is 0 Å². The van der Waals surface area contributed by atoms with Crippen molar-refractivity contribution >= 4 is 33.3 Å². The van der Waals surface area contributed by atoms with Crippen LogP contribution in [0.2, 0.25) is 0 Å². The highest BCUT2D eigenvalue weighted by atomic mass is 35.5. The predicted molar refractivity (Wildman–Crippen MR) is 106 cm³/mol. The Morgan fingerprint density at radius 3 is 2.44 bits per heavy atom. The highest BCUT2D eigenvalue weighted by molar-refractivity contribution is 7.90. The van der Waals surface area contributed by atoms with Crippen LogP contribution in [-0.4, -0.2) is 30.7 Å². The van der Waals surface area contributed by atoms with E-state index in [0.29, 0.717) is 16.6 Å². The van der Waals surface area contributed by atoms with Gasteiger partial charge in [-0.15, -0.1) is 12.4 Å². The zero-order valence-electron chi connectivity index (χ0n) is 14.9. The molecule has 4 rings (SSSR count). The maximum atomic E-state index is 14.6. The van der Waals surface area contributed by atoms with Crippen LogP contribution in [0.3, 0.4) is 0 Å². The lowest BCUT2D eigenvalue weighted by Gasteiger charge is -2.21. The fourth-order valence-electron chi connectivity index (χ4n) is 3.50. The van der Waals surface area contributed by atoms with E-state index in [1.54, 1.807) is 30.3 Å². The number of hydrogen-bond acceptors (Lipinski definition) is 4. The number of halogens is 2. The summed E-state index contributed by atoms with van der Waals surface area (Å²) in [6.07, 6.45) is 1.62. The summed E-state index contributed by atoms with van der Waals surface area (Å²) in [4.78, 5) is 0.147. The zero-order chi connectivity index (χ0) is 18.3. The molecule has 27 heavy (non-hydrogen) atoms. The van der Waals surface area contributed by atoms with Crippen molar-refractivity contribution in [2.75, 3.05) is 13.1 Å². The molecule has 2 aromatic carbocycles. The molecule has 1 aromatic heterocycles. The monoisotopic (exact) mass is 409 g/mol. The van der Waals surface area contributed by atoms with Gasteiger partial charge >= 0.3 is 0 Å². The van der Waals surface area contributed by atoms with Crippen LogP contribution in [0.1, 0.15) is 30.0 Å². The van der Waals surface area contributed by atoms with Crippen molar-refractivity contribution in [3.8, 4) is 0 Å². The van der Waals surface area contributed by atoms with E-state index < -0.39 is 15.8 Å². The number of rotatable bonds is 3. The molecule has 0 saturated carbocycles. The number of fused-ring (bicyclic) bond motifs is 1. The molecule has 1 aliphatic heterocycles. The molecule has 3 aromatic rings. The van der Waals surface area contributed by atoms with E-state index in [9.17, 15) is 12.8 Å². The molecule has 1 aliphatic rings. The summed E-state index contributed by atoms with van der Waals surface area (Å²) in [6, 6.07) is 11.1. The van der Waals surface area contributed by atoms with E-state index in [1.807, 2.05) is 6.92 Å². The van der Waals surface area contributed by atoms with E-state index in [2.05, 4.69) is 10.4 Å². The van der Waals surface area contributed by atoms with Crippen LogP contribution < -0.4 is 5.32 Å². The van der Waals surface area contributed by atoms with Gasteiger partial charge in [-0.1, -0.05) is 23.8 Å². The Bertz CT molecular complexity index is 1060. The molecular formula is C19H21ClFN3O2S. The molecule has 1 saturated heterocycles. The van der Waals surface area contributed by atoms with Crippen LogP contribution in [0, 0.1) is 12.7 Å². The summed E-state index contributed by atoms with van der Waals surface area (Å²) in [5.74, 6) is -0.383. The van der Waals surface area contributed by atoms with Gasteiger partial charge in [0.1, 0.15) is 5.82 Å². The molecule has 0 radical (unpaired) electrons. The van der Waals surface area contributed by atoms with Gasteiger partial charge < -0.3 is 5.32 Å². The lowest BCUT2D eigenvalue weighted by atomic mass is 9.92. The average molecular weight is 410 g/mol. The van der Waals surface area contributed by atoms with Crippen LogP contribution >= 0.6 is 12.4 Å². The minimum absolute atomic E-state index is 0. The van der Waals surface area contributed by atoms with Gasteiger partial charge in [-0.25, -0.2) is 4.39 Å². The number of aromatic nitrogens is 2. The number of aryl methyl sites for hydroxylation is 1. The molecule has 0 bridgehead atoms. The minimum Gasteiger partial charge on any atom is -0.317 e. The van der Waals surface area contributed by atoms with Gasteiger partial charge in [-0.2, -0.15) is 17.6 Å². The fraction of sp³-hybridized carbons (Fsp3) is 0.316. The van der Waals surface area contributed by atoms with Crippen LogP contribution in [-0.2, 0) is 10.0 Å². The second kappa shape index (κ2) is 7.58. The van der Waals surface area contributed by atoms with Gasteiger partial charge in [0.05, 0.1) is 21.5 Å². The van der Waals surface area contributed by atoms with Gasteiger partial charge in [-0.3, -0.25) is 0 Å². The van der Waals surface area contributed by atoms with E-state index >= 15 is 0 Å². The van der Waals surface area contributed by atoms with Crippen LogP contribution in [0.4, 0.5) is 4.39 Å². The van der Waals surface area contributed by atoms with Gasteiger partial charge in [0.2, 0.25) is 0 Å². The van der Waals surface area contributed by atoms with Gasteiger partial charge in [0.25, 0.3) is 10.0 Å². The van der Waals surface area contributed by atoms with Gasteiger partial charge in [-0.05, 0) is 57.1 Å². The Balaban J connectivity index is 0.00000210. The molecule has 5 nitrogen and oxygen atoms in total. The largest absolute Gasteiger partial charge is 0.317 e. The van der Waals surface area contributed by atoms with Crippen molar-refractivity contribution in [1.29, 1.82) is 0 Å². The summed E-state index contributed by atoms with van der Waals surface area (Å²) in [5, 5.41) is 7.99. The van der Waals surface area contributed by atoms with E-state index in [-0.39, 0.29) is 23.2 Å². The van der Waals surface area contributed by atoms with Gasteiger partial charge in [0, 0.05) is 5.92 Å². The standard InChI is InChI=1S/C19H20FN3O2S.ClH/c1-13-5-7-15(8-6-13)26(24,25)23-17-4-2-3-16(20)18(17)19(22-23)14-9-11-21-12-10-14;/h2-8,14,21H,9-12H2,1H3;1H. The first-order valence-corrected chi connectivity index (χ1v) is 10.1. The maximum Gasteiger partial charge on any atom is 0.283 e. The molecule has 0 amide bonds. The summed E-state index contributed by atoms with van der Waals surface area (Å²) in [5.41, 5.74) is 1.80. The summed E-state index contributed by atoms with van der Waals surface area (Å²) in [6.45, 7) is 3.53. The minimum atomic E-state index is -3.89. The lowest BCUT2D eigenvalue weighted by molar-refractivity contribution is 0.452. The second-order valence-corrected chi connectivity index (χ2v) is 8.47. The second-order valence-electron chi connectivity index (χ2n) is 6.70. The van der Waals surface area contributed by atoms with Crippen LogP contribution in [0.15, 0.2) is 47.4 Å². The Kier molecular flexibility index (Phi) is 5.55. The Hall–Kier alpha value is -1.96. The van der Waals surface area contributed by atoms with Crippen LogP contribution in [0.5, 0.6) is 0 Å². The molecule has 144 valence electrons. The summed E-state index contributed by atoms with van der Waals surface area (Å²) < 4.78 is 41.9. The molecule has 0 unspecified atom stereocenters. The van der Waals surface area contributed by atoms with E-state index in [0.717, 1.165) is 35.6 Å². The SMILES string of the molecule is Cc1ccc(S(=O)(=O)n2nc(C3CCNCC3)c3c(F)cccc32)cc1.Cl. The third-order valence-corrected chi connectivity index (χ3v) is 6.53. The quantitative estimate of drug-likeness (QED) is 0.717.